The first kappa shape index (κ1) is 18.7. The average Bonchev–Trinajstić information content (AvgIpc) is 3.37. The summed E-state index contributed by atoms with van der Waals surface area (Å²) in [5.41, 5.74) is -0.419. The summed E-state index contributed by atoms with van der Waals surface area (Å²) in [5.74, 6) is -0.589. The van der Waals surface area contributed by atoms with E-state index >= 15 is 0 Å². The quantitative estimate of drug-likeness (QED) is 0.538. The number of aromatic nitrogens is 3. The fourth-order valence-corrected chi connectivity index (χ4v) is 4.26. The van der Waals surface area contributed by atoms with Crippen LogP contribution < -0.4 is 0 Å². The van der Waals surface area contributed by atoms with Gasteiger partial charge >= 0.3 is 5.97 Å². The van der Waals surface area contributed by atoms with Gasteiger partial charge in [0.1, 0.15) is 12.3 Å². The number of hydrogen-bond donors (Lipinski definition) is 1. The number of nitrogens with zero attached hydrogens (tertiary/aromatic N) is 4. The zero-order valence-corrected chi connectivity index (χ0v) is 18.1. The monoisotopic (exact) mass is 516 g/mol. The van der Waals surface area contributed by atoms with Crippen molar-refractivity contribution >= 4 is 43.5 Å². The topological polar surface area (TPSA) is 89.6 Å². The molecule has 5 rings (SSSR count). The molecule has 29 heavy (non-hydrogen) atoms. The summed E-state index contributed by atoms with van der Waals surface area (Å²) in [6.45, 7) is -0.235. The maximum Gasteiger partial charge on any atom is 0.341 e. The number of carbonyl (C=O) groups is 1. The molecule has 0 aliphatic carbocycles. The van der Waals surface area contributed by atoms with Crippen molar-refractivity contribution in [1.29, 1.82) is 0 Å². The highest BCUT2D eigenvalue weighted by Crippen LogP contribution is 2.47. The number of cyclic esters (lactones) is 1. The largest absolute Gasteiger partial charge is 0.458 e. The van der Waals surface area contributed by atoms with Crippen LogP contribution in [0.15, 0.2) is 68.7 Å². The van der Waals surface area contributed by atoms with Crippen molar-refractivity contribution in [3.63, 3.8) is 0 Å². The molecule has 0 amide bonds. The van der Waals surface area contributed by atoms with Crippen LogP contribution in [-0.2, 0) is 15.1 Å². The van der Waals surface area contributed by atoms with Crippen LogP contribution in [0.4, 0.5) is 0 Å². The first-order valence-corrected chi connectivity index (χ1v) is 10.4. The van der Waals surface area contributed by atoms with E-state index in [9.17, 15) is 9.90 Å². The van der Waals surface area contributed by atoms with Crippen LogP contribution >= 0.6 is 31.9 Å². The summed E-state index contributed by atoms with van der Waals surface area (Å²) >= 11 is 6.82. The first-order chi connectivity index (χ1) is 13.9. The molecule has 0 unspecified atom stereocenters. The number of aliphatic hydroxyl groups is 1. The SMILES string of the molecule is O=C1OC[C@]2(O)N=C(c3ccc(Br)cc3)C[C@]12n1ncc(-c2ccc(Br)cc2)n1. The van der Waals surface area contributed by atoms with Crippen molar-refractivity contribution in [3.8, 4) is 11.3 Å². The number of esters is 1. The van der Waals surface area contributed by atoms with E-state index in [1.165, 1.54) is 4.80 Å². The second-order valence-corrected chi connectivity index (χ2v) is 8.85. The van der Waals surface area contributed by atoms with E-state index in [1.54, 1.807) is 6.20 Å². The predicted molar refractivity (Wildman–Crippen MR) is 112 cm³/mol. The number of rotatable bonds is 3. The van der Waals surface area contributed by atoms with E-state index < -0.39 is 17.2 Å². The molecule has 2 aliphatic rings. The van der Waals surface area contributed by atoms with Crippen LogP contribution in [0.3, 0.4) is 0 Å². The van der Waals surface area contributed by atoms with Gasteiger partial charge < -0.3 is 9.84 Å². The van der Waals surface area contributed by atoms with Gasteiger partial charge in [-0.2, -0.15) is 15.0 Å². The lowest BCUT2D eigenvalue weighted by Crippen LogP contribution is -2.54. The Bertz CT molecular complexity index is 1140. The summed E-state index contributed by atoms with van der Waals surface area (Å²) < 4.78 is 7.08. The number of halogens is 2. The Labute approximate surface area is 182 Å². The van der Waals surface area contributed by atoms with Gasteiger partial charge in [0.25, 0.3) is 0 Å². The summed E-state index contributed by atoms with van der Waals surface area (Å²) in [6.07, 6.45) is 1.71. The second kappa shape index (κ2) is 6.58. The molecular weight excluding hydrogens is 504 g/mol. The Morgan fingerprint density at radius 1 is 1.00 bits per heavy atom. The average molecular weight is 518 g/mol. The second-order valence-electron chi connectivity index (χ2n) is 7.02. The zero-order chi connectivity index (χ0) is 20.2. The van der Waals surface area contributed by atoms with Gasteiger partial charge in [0.2, 0.25) is 11.3 Å². The molecule has 1 N–H and O–H groups in total. The third-order valence-electron chi connectivity index (χ3n) is 5.30. The lowest BCUT2D eigenvalue weighted by atomic mass is 9.87. The highest BCUT2D eigenvalue weighted by Gasteiger charge is 2.69. The standard InChI is InChI=1S/C20H14Br2N4O3/c21-14-5-1-12(2-6-14)16-9-19(18(27)29-11-20(19,28)24-16)26-23-10-17(25-26)13-3-7-15(22)8-4-13/h1-8,10,28H,9,11H2/t19-,20+/m0/s1. The van der Waals surface area contributed by atoms with Crippen molar-refractivity contribution in [2.75, 3.05) is 6.61 Å². The van der Waals surface area contributed by atoms with Crippen molar-refractivity contribution in [3.05, 3.63) is 69.2 Å². The van der Waals surface area contributed by atoms with Gasteiger partial charge in [-0.15, -0.1) is 0 Å². The number of fused-ring (bicyclic) bond motifs is 1. The molecule has 9 heteroatoms. The lowest BCUT2D eigenvalue weighted by Gasteiger charge is -2.27. The number of aliphatic imine (C=N–C) groups is 1. The van der Waals surface area contributed by atoms with Gasteiger partial charge in [0, 0.05) is 26.6 Å². The van der Waals surface area contributed by atoms with Crippen LogP contribution in [-0.4, -0.2) is 44.1 Å². The Morgan fingerprint density at radius 2 is 1.62 bits per heavy atom. The van der Waals surface area contributed by atoms with Gasteiger partial charge in [0.05, 0.1) is 6.20 Å². The van der Waals surface area contributed by atoms with Crippen molar-refractivity contribution in [2.45, 2.75) is 17.7 Å². The van der Waals surface area contributed by atoms with E-state index in [0.717, 1.165) is 20.1 Å². The predicted octanol–water partition coefficient (Wildman–Crippen LogP) is 3.30. The Hall–Kier alpha value is -2.36. The maximum absolute atomic E-state index is 12.8. The van der Waals surface area contributed by atoms with E-state index in [0.29, 0.717) is 11.4 Å². The number of ether oxygens (including phenoxy) is 1. The molecule has 1 fully saturated rings. The third kappa shape index (κ3) is 2.79. The first-order valence-electron chi connectivity index (χ1n) is 8.84. The minimum atomic E-state index is -1.76. The highest BCUT2D eigenvalue weighted by atomic mass is 79.9. The van der Waals surface area contributed by atoms with E-state index in [-0.39, 0.29) is 13.0 Å². The molecule has 2 atom stereocenters. The number of carbonyl (C=O) groups excluding carboxylic acids is 1. The van der Waals surface area contributed by atoms with Gasteiger partial charge in [-0.25, -0.2) is 9.79 Å². The van der Waals surface area contributed by atoms with Crippen molar-refractivity contribution < 1.29 is 14.6 Å². The molecule has 2 aliphatic heterocycles. The molecule has 2 aromatic carbocycles. The molecule has 146 valence electrons. The normalized spacial score (nSPS) is 25.6. The fraction of sp³-hybridized carbons (Fsp3) is 0.200. The van der Waals surface area contributed by atoms with Crippen molar-refractivity contribution in [2.24, 2.45) is 4.99 Å². The van der Waals surface area contributed by atoms with Crippen molar-refractivity contribution in [1.82, 2.24) is 15.0 Å². The van der Waals surface area contributed by atoms with Crippen LogP contribution in [0.5, 0.6) is 0 Å². The molecule has 7 nitrogen and oxygen atoms in total. The van der Waals surface area contributed by atoms with Gasteiger partial charge in [-0.05, 0) is 29.8 Å². The molecule has 0 saturated carbocycles. The lowest BCUT2D eigenvalue weighted by molar-refractivity contribution is -0.147. The van der Waals surface area contributed by atoms with Crippen LogP contribution in [0.25, 0.3) is 11.3 Å². The molecule has 0 spiro atoms. The molecule has 3 aromatic rings. The van der Waals surface area contributed by atoms with E-state index in [4.69, 9.17) is 4.74 Å². The third-order valence-corrected chi connectivity index (χ3v) is 6.36. The Kier molecular flexibility index (Phi) is 4.23. The molecular formula is C20H14Br2N4O3. The van der Waals surface area contributed by atoms with Crippen LogP contribution in [0, 0.1) is 0 Å². The zero-order valence-electron chi connectivity index (χ0n) is 14.9. The van der Waals surface area contributed by atoms with Crippen LogP contribution in [0.1, 0.15) is 12.0 Å². The smallest absolute Gasteiger partial charge is 0.341 e. The summed E-state index contributed by atoms with van der Waals surface area (Å²) in [5, 5.41) is 20.1. The summed E-state index contributed by atoms with van der Waals surface area (Å²) in [7, 11) is 0. The van der Waals surface area contributed by atoms with Gasteiger partial charge in [-0.1, -0.05) is 56.1 Å². The minimum absolute atomic E-state index is 0.137. The van der Waals surface area contributed by atoms with E-state index in [1.807, 2.05) is 48.5 Å². The highest BCUT2D eigenvalue weighted by molar-refractivity contribution is 9.10. The van der Waals surface area contributed by atoms with E-state index in [2.05, 4.69) is 47.0 Å². The Morgan fingerprint density at radius 3 is 2.28 bits per heavy atom. The fourth-order valence-electron chi connectivity index (χ4n) is 3.73. The molecule has 1 aromatic heterocycles. The maximum atomic E-state index is 12.8. The van der Waals surface area contributed by atoms with Gasteiger partial charge in [-0.3, -0.25) is 0 Å². The van der Waals surface area contributed by atoms with Gasteiger partial charge in [0.15, 0.2) is 0 Å². The van der Waals surface area contributed by atoms with Crippen LogP contribution in [0.2, 0.25) is 0 Å². The summed E-state index contributed by atoms with van der Waals surface area (Å²) in [6, 6.07) is 15.1. The number of benzene rings is 2. The molecule has 0 bridgehead atoms. The molecule has 0 radical (unpaired) electrons. The molecule has 3 heterocycles. The number of hydrogen-bond acceptors (Lipinski definition) is 6. The minimum Gasteiger partial charge on any atom is -0.458 e. The summed E-state index contributed by atoms with van der Waals surface area (Å²) in [4.78, 5) is 18.6. The Balaban J connectivity index is 1.57. The molecule has 1 saturated heterocycles.